The van der Waals surface area contributed by atoms with E-state index in [9.17, 15) is 23.2 Å². The lowest BCUT2D eigenvalue weighted by molar-refractivity contribution is -0.137. The number of carbonyl (C=O) groups is 3. The maximum absolute atomic E-state index is 13.7. The van der Waals surface area contributed by atoms with Gasteiger partial charge in [-0.2, -0.15) is 0 Å². The Kier molecular flexibility index (Phi) is 10.9. The number of benzene rings is 2. The molecule has 0 unspecified atom stereocenters. The minimum absolute atomic E-state index is 0.00973. The van der Waals surface area contributed by atoms with Gasteiger partial charge in [0.25, 0.3) is 5.91 Å². The van der Waals surface area contributed by atoms with Gasteiger partial charge in [-0.3, -0.25) is 14.4 Å². The SMILES string of the molecule is COc1ccnc(C(=O)N[C@@H](CC(C)C)C(=O)NC(C)=C(c2ccc(F)cc2)c2ccc(F)cc2)c1OC(=O)C(C)C. The number of nitrogens with zero attached hydrogens (tertiary/aromatic N) is 1. The number of allylic oxidation sites excluding steroid dienone is 1. The molecule has 0 saturated heterocycles. The molecular weight excluding hydrogens is 544 g/mol. The minimum atomic E-state index is -1.00. The fourth-order valence-electron chi connectivity index (χ4n) is 4.17. The summed E-state index contributed by atoms with van der Waals surface area (Å²) < 4.78 is 38.1. The third-order valence-corrected chi connectivity index (χ3v) is 6.26. The molecule has 1 atom stereocenters. The van der Waals surface area contributed by atoms with Gasteiger partial charge < -0.3 is 20.1 Å². The Balaban J connectivity index is 1.96. The molecule has 0 aliphatic heterocycles. The molecule has 42 heavy (non-hydrogen) atoms. The summed E-state index contributed by atoms with van der Waals surface area (Å²) in [5, 5.41) is 5.58. The van der Waals surface area contributed by atoms with E-state index < -0.39 is 41.4 Å². The summed E-state index contributed by atoms with van der Waals surface area (Å²) >= 11 is 0. The van der Waals surface area contributed by atoms with Crippen LogP contribution in [0.15, 0.2) is 66.5 Å². The van der Waals surface area contributed by atoms with Crippen molar-refractivity contribution in [3.8, 4) is 11.5 Å². The van der Waals surface area contributed by atoms with E-state index in [0.717, 1.165) is 0 Å². The molecule has 1 heterocycles. The molecule has 2 amide bonds. The van der Waals surface area contributed by atoms with Crippen molar-refractivity contribution in [2.75, 3.05) is 7.11 Å². The normalized spacial score (nSPS) is 11.6. The maximum Gasteiger partial charge on any atom is 0.313 e. The first-order chi connectivity index (χ1) is 19.9. The van der Waals surface area contributed by atoms with Crippen LogP contribution in [0.3, 0.4) is 0 Å². The average molecular weight is 580 g/mol. The van der Waals surface area contributed by atoms with Gasteiger partial charge in [0.2, 0.25) is 11.7 Å². The molecule has 0 spiro atoms. The number of esters is 1. The van der Waals surface area contributed by atoms with E-state index in [4.69, 9.17) is 9.47 Å². The van der Waals surface area contributed by atoms with Crippen LogP contribution < -0.4 is 20.1 Å². The molecule has 0 radical (unpaired) electrons. The van der Waals surface area contributed by atoms with E-state index in [-0.39, 0.29) is 29.5 Å². The van der Waals surface area contributed by atoms with Gasteiger partial charge >= 0.3 is 5.97 Å². The molecule has 2 aromatic carbocycles. The van der Waals surface area contributed by atoms with Crippen LogP contribution in [0.2, 0.25) is 0 Å². The number of aromatic nitrogens is 1. The average Bonchev–Trinajstić information content (AvgIpc) is 2.94. The summed E-state index contributed by atoms with van der Waals surface area (Å²) in [5.41, 5.74) is 1.95. The van der Waals surface area contributed by atoms with E-state index in [1.54, 1.807) is 45.0 Å². The summed E-state index contributed by atoms with van der Waals surface area (Å²) in [6.45, 7) is 8.77. The largest absolute Gasteiger partial charge is 0.493 e. The number of carbonyl (C=O) groups excluding carboxylic acids is 3. The highest BCUT2D eigenvalue weighted by molar-refractivity contribution is 6.00. The topological polar surface area (TPSA) is 107 Å². The van der Waals surface area contributed by atoms with Crippen LogP contribution in [-0.4, -0.2) is 35.9 Å². The molecule has 2 N–H and O–H groups in total. The lowest BCUT2D eigenvalue weighted by Crippen LogP contribution is -2.47. The third kappa shape index (κ3) is 8.22. The van der Waals surface area contributed by atoms with Gasteiger partial charge in [-0.15, -0.1) is 0 Å². The quantitative estimate of drug-likeness (QED) is 0.284. The summed E-state index contributed by atoms with van der Waals surface area (Å²) in [4.78, 5) is 43.5. The summed E-state index contributed by atoms with van der Waals surface area (Å²) in [7, 11) is 1.37. The minimum Gasteiger partial charge on any atom is -0.493 e. The molecule has 0 saturated carbocycles. The highest BCUT2D eigenvalue weighted by Gasteiger charge is 2.28. The Morgan fingerprint density at radius 2 is 1.43 bits per heavy atom. The predicted octanol–water partition coefficient (Wildman–Crippen LogP) is 5.67. The van der Waals surface area contributed by atoms with E-state index in [2.05, 4.69) is 15.6 Å². The summed E-state index contributed by atoms with van der Waals surface area (Å²) in [6, 6.07) is 11.9. The second kappa shape index (κ2) is 14.3. The molecule has 1 aromatic heterocycles. The maximum atomic E-state index is 13.7. The number of nitrogens with one attached hydrogen (secondary N) is 2. The van der Waals surface area contributed by atoms with Gasteiger partial charge in [-0.05, 0) is 54.7 Å². The molecule has 3 aromatic rings. The summed E-state index contributed by atoms with van der Waals surface area (Å²) in [5.74, 6) is -3.16. The fraction of sp³-hybridized carbons (Fsp3) is 0.312. The number of halogens is 2. The number of pyridine rings is 1. The Bertz CT molecular complexity index is 1400. The van der Waals surface area contributed by atoms with E-state index in [1.165, 1.54) is 43.6 Å². The fourth-order valence-corrected chi connectivity index (χ4v) is 4.17. The van der Waals surface area contributed by atoms with Gasteiger partial charge in [-0.1, -0.05) is 52.0 Å². The van der Waals surface area contributed by atoms with Crippen molar-refractivity contribution in [1.82, 2.24) is 15.6 Å². The number of methoxy groups -OCH3 is 1. The molecule has 3 rings (SSSR count). The zero-order valence-corrected chi connectivity index (χ0v) is 24.5. The van der Waals surface area contributed by atoms with Crippen LogP contribution in [0.1, 0.15) is 62.7 Å². The molecular formula is C32H35F2N3O5. The van der Waals surface area contributed by atoms with Crippen molar-refractivity contribution < 1.29 is 32.6 Å². The summed E-state index contributed by atoms with van der Waals surface area (Å²) in [6.07, 6.45) is 1.61. The van der Waals surface area contributed by atoms with Gasteiger partial charge in [0.1, 0.15) is 17.7 Å². The lowest BCUT2D eigenvalue weighted by Gasteiger charge is -2.22. The molecule has 222 valence electrons. The predicted molar refractivity (Wildman–Crippen MR) is 155 cm³/mol. The van der Waals surface area contributed by atoms with Crippen LogP contribution in [0.25, 0.3) is 5.57 Å². The van der Waals surface area contributed by atoms with Gasteiger partial charge in [-0.25, -0.2) is 13.8 Å². The molecule has 0 bridgehead atoms. The van der Waals surface area contributed by atoms with E-state index >= 15 is 0 Å². The van der Waals surface area contributed by atoms with Crippen LogP contribution in [0, 0.1) is 23.5 Å². The zero-order valence-electron chi connectivity index (χ0n) is 24.5. The van der Waals surface area contributed by atoms with Gasteiger partial charge in [0.05, 0.1) is 13.0 Å². The van der Waals surface area contributed by atoms with Gasteiger partial charge in [0.15, 0.2) is 11.4 Å². The van der Waals surface area contributed by atoms with Crippen molar-refractivity contribution in [3.05, 3.63) is 94.9 Å². The van der Waals surface area contributed by atoms with Crippen molar-refractivity contribution in [2.45, 2.75) is 47.1 Å². The van der Waals surface area contributed by atoms with Crippen LogP contribution in [0.4, 0.5) is 8.78 Å². The Morgan fingerprint density at radius 3 is 1.90 bits per heavy atom. The Labute approximate surface area is 244 Å². The van der Waals surface area contributed by atoms with E-state index in [0.29, 0.717) is 22.4 Å². The first kappa shape index (κ1) is 31.9. The molecule has 10 heteroatoms. The Hall–Kier alpha value is -4.60. The smallest absolute Gasteiger partial charge is 0.313 e. The number of hydrogen-bond donors (Lipinski definition) is 2. The van der Waals surface area contributed by atoms with E-state index in [1.807, 2.05) is 13.8 Å². The van der Waals surface area contributed by atoms with Crippen molar-refractivity contribution in [1.29, 1.82) is 0 Å². The van der Waals surface area contributed by atoms with Crippen molar-refractivity contribution >= 4 is 23.4 Å². The zero-order chi connectivity index (χ0) is 31.0. The second-order valence-electron chi connectivity index (χ2n) is 10.4. The lowest BCUT2D eigenvalue weighted by atomic mass is 9.95. The second-order valence-corrected chi connectivity index (χ2v) is 10.4. The first-order valence-corrected chi connectivity index (χ1v) is 13.5. The number of rotatable bonds is 11. The number of hydrogen-bond acceptors (Lipinski definition) is 6. The Morgan fingerprint density at radius 1 is 0.881 bits per heavy atom. The standard InChI is InChI=1S/C32H35F2N3O5/c1-18(2)17-25(37-31(39)28-29(42-32(40)19(3)4)26(41-6)15-16-35-28)30(38)36-20(5)27(21-7-11-23(33)12-8-21)22-9-13-24(34)14-10-22/h7-16,18-19,25H,17H2,1-6H3,(H,36,38)(H,37,39)/t25-/m0/s1. The highest BCUT2D eigenvalue weighted by atomic mass is 19.1. The molecule has 0 aliphatic carbocycles. The van der Waals surface area contributed by atoms with Gasteiger partial charge in [0, 0.05) is 23.5 Å². The monoisotopic (exact) mass is 579 g/mol. The third-order valence-electron chi connectivity index (χ3n) is 6.26. The van der Waals surface area contributed by atoms with Crippen molar-refractivity contribution in [3.63, 3.8) is 0 Å². The van der Waals surface area contributed by atoms with Crippen LogP contribution in [0.5, 0.6) is 11.5 Å². The van der Waals surface area contributed by atoms with Crippen LogP contribution >= 0.6 is 0 Å². The van der Waals surface area contributed by atoms with Crippen LogP contribution in [-0.2, 0) is 9.59 Å². The first-order valence-electron chi connectivity index (χ1n) is 13.5. The molecule has 8 nitrogen and oxygen atoms in total. The van der Waals surface area contributed by atoms with Crippen molar-refractivity contribution in [2.24, 2.45) is 11.8 Å². The molecule has 0 fully saturated rings. The number of amides is 2. The number of ether oxygens (including phenoxy) is 2. The molecule has 0 aliphatic rings. The highest BCUT2D eigenvalue weighted by Crippen LogP contribution is 2.31.